The lowest BCUT2D eigenvalue weighted by molar-refractivity contribution is 0.0925. The Kier molecular flexibility index (Phi) is 4.97. The number of rotatable bonds is 3. The second-order valence-electron chi connectivity index (χ2n) is 5.07. The predicted octanol–water partition coefficient (Wildman–Crippen LogP) is 3.68. The highest BCUT2D eigenvalue weighted by Gasteiger charge is 2.26. The Bertz CT molecular complexity index is 515. The molecule has 1 amide bonds. The second-order valence-corrected chi connectivity index (χ2v) is 5.48. The monoisotopic (exact) mass is 294 g/mol. The van der Waals surface area contributed by atoms with Crippen LogP contribution in [-0.4, -0.2) is 11.9 Å². The van der Waals surface area contributed by atoms with E-state index >= 15 is 0 Å². The number of carbonyl (C=O) groups is 1. The van der Waals surface area contributed by atoms with E-state index in [1.807, 2.05) is 0 Å². The molecule has 1 aliphatic carbocycles. The Labute approximate surface area is 122 Å². The molecule has 1 saturated carbocycles. The second kappa shape index (κ2) is 6.71. The molecule has 1 aliphatic rings. The number of hydrogen-bond acceptors (Lipinski definition) is 2. The van der Waals surface area contributed by atoms with Crippen LogP contribution in [0.5, 0.6) is 0 Å². The van der Waals surface area contributed by atoms with Crippen LogP contribution in [0.2, 0.25) is 5.02 Å². The number of benzene rings is 1. The molecule has 0 saturated heterocycles. The molecule has 1 fully saturated rings. The number of nitriles is 1. The number of carbonyl (C=O) groups excluding carboxylic acids is 1. The smallest absolute Gasteiger partial charge is 0.256 e. The molecule has 2 rings (SSSR count). The third kappa shape index (κ3) is 3.29. The topological polar surface area (TPSA) is 52.9 Å². The fraction of sp³-hybridized carbons (Fsp3) is 0.467. The van der Waals surface area contributed by atoms with Gasteiger partial charge in [0.05, 0.1) is 16.7 Å². The van der Waals surface area contributed by atoms with Gasteiger partial charge in [0.2, 0.25) is 0 Å². The van der Waals surface area contributed by atoms with Gasteiger partial charge in [-0.2, -0.15) is 5.26 Å². The zero-order chi connectivity index (χ0) is 14.5. The van der Waals surface area contributed by atoms with E-state index in [2.05, 4.69) is 11.4 Å². The van der Waals surface area contributed by atoms with Crippen LogP contribution in [0.25, 0.3) is 0 Å². The summed E-state index contributed by atoms with van der Waals surface area (Å²) in [6, 6.07) is 5.61. The number of halogens is 2. The maximum atomic E-state index is 13.7. The number of nitrogens with one attached hydrogen (secondary N) is 1. The van der Waals surface area contributed by atoms with E-state index < -0.39 is 17.8 Å². The molecule has 0 bridgehead atoms. The summed E-state index contributed by atoms with van der Waals surface area (Å²) in [4.78, 5) is 12.1. The van der Waals surface area contributed by atoms with Crippen molar-refractivity contribution in [2.24, 2.45) is 5.92 Å². The van der Waals surface area contributed by atoms with Gasteiger partial charge in [-0.05, 0) is 30.9 Å². The molecule has 0 heterocycles. The number of hydrogen-bond donors (Lipinski definition) is 1. The van der Waals surface area contributed by atoms with Crippen LogP contribution in [0, 0.1) is 23.1 Å². The summed E-state index contributed by atoms with van der Waals surface area (Å²) in [5.41, 5.74) is -0.190. The minimum Gasteiger partial charge on any atom is -0.336 e. The van der Waals surface area contributed by atoms with Gasteiger partial charge in [-0.25, -0.2) is 4.39 Å². The molecule has 3 nitrogen and oxygen atoms in total. The maximum absolute atomic E-state index is 13.7. The van der Waals surface area contributed by atoms with E-state index in [0.717, 1.165) is 25.7 Å². The van der Waals surface area contributed by atoms with Gasteiger partial charge in [-0.15, -0.1) is 0 Å². The molecule has 5 heteroatoms. The molecule has 0 radical (unpaired) electrons. The molecule has 106 valence electrons. The number of amides is 1. The summed E-state index contributed by atoms with van der Waals surface area (Å²) in [5, 5.41) is 11.9. The van der Waals surface area contributed by atoms with Gasteiger partial charge in [0.15, 0.2) is 0 Å². The normalized spacial score (nSPS) is 17.2. The summed E-state index contributed by atoms with van der Waals surface area (Å²) in [6.45, 7) is 0. The van der Waals surface area contributed by atoms with E-state index in [1.165, 1.54) is 24.6 Å². The molecule has 1 N–H and O–H groups in total. The number of nitrogens with zero attached hydrogens (tertiary/aromatic N) is 1. The summed E-state index contributed by atoms with van der Waals surface area (Å²) in [7, 11) is 0. The van der Waals surface area contributed by atoms with Crippen LogP contribution in [0.3, 0.4) is 0 Å². The molecule has 0 aliphatic heterocycles. The van der Waals surface area contributed by atoms with Crippen molar-refractivity contribution in [3.63, 3.8) is 0 Å². The van der Waals surface area contributed by atoms with E-state index in [4.69, 9.17) is 11.6 Å². The molecular weight excluding hydrogens is 279 g/mol. The van der Waals surface area contributed by atoms with Gasteiger partial charge < -0.3 is 5.32 Å². The molecule has 1 aromatic rings. The van der Waals surface area contributed by atoms with Gasteiger partial charge in [-0.1, -0.05) is 36.9 Å². The Morgan fingerprint density at radius 3 is 2.70 bits per heavy atom. The van der Waals surface area contributed by atoms with Crippen molar-refractivity contribution in [3.8, 4) is 6.07 Å². The Hall–Kier alpha value is -1.60. The summed E-state index contributed by atoms with van der Waals surface area (Å²) in [5.74, 6) is -1.15. The van der Waals surface area contributed by atoms with Crippen LogP contribution in [0.4, 0.5) is 4.39 Å². The molecule has 20 heavy (non-hydrogen) atoms. The van der Waals surface area contributed by atoms with Gasteiger partial charge in [-0.3, -0.25) is 4.79 Å². The van der Waals surface area contributed by atoms with Gasteiger partial charge in [0, 0.05) is 0 Å². The molecule has 0 spiro atoms. The van der Waals surface area contributed by atoms with E-state index in [9.17, 15) is 14.4 Å². The van der Waals surface area contributed by atoms with Gasteiger partial charge in [0.25, 0.3) is 5.91 Å². The first-order valence-corrected chi connectivity index (χ1v) is 7.15. The third-order valence-electron chi connectivity index (χ3n) is 3.74. The Morgan fingerprint density at radius 1 is 1.40 bits per heavy atom. The molecule has 1 aromatic carbocycles. The maximum Gasteiger partial charge on any atom is 0.256 e. The van der Waals surface area contributed by atoms with Gasteiger partial charge >= 0.3 is 0 Å². The molecular formula is C15H16ClFN2O. The van der Waals surface area contributed by atoms with E-state index in [1.54, 1.807) is 0 Å². The van der Waals surface area contributed by atoms with Crippen molar-refractivity contribution in [2.75, 3.05) is 0 Å². The van der Waals surface area contributed by atoms with Crippen molar-refractivity contribution in [2.45, 2.75) is 38.1 Å². The SMILES string of the molecule is N#CC(NC(=O)c1c(F)cccc1Cl)C1CCCCC1. The lowest BCUT2D eigenvalue weighted by Crippen LogP contribution is -2.40. The molecule has 0 aromatic heterocycles. The first-order valence-electron chi connectivity index (χ1n) is 6.78. The van der Waals surface area contributed by atoms with Crippen LogP contribution < -0.4 is 5.32 Å². The first kappa shape index (κ1) is 14.8. The van der Waals surface area contributed by atoms with Crippen molar-refractivity contribution < 1.29 is 9.18 Å². The fourth-order valence-corrected chi connectivity index (χ4v) is 2.90. The van der Waals surface area contributed by atoms with Crippen molar-refractivity contribution in [1.29, 1.82) is 5.26 Å². The van der Waals surface area contributed by atoms with Crippen LogP contribution in [-0.2, 0) is 0 Å². The summed E-state index contributed by atoms with van der Waals surface area (Å²) >= 11 is 5.85. The fourth-order valence-electron chi connectivity index (χ4n) is 2.65. The highest BCUT2D eigenvalue weighted by atomic mass is 35.5. The standard InChI is InChI=1S/C15H16ClFN2O/c16-11-7-4-8-12(17)14(11)15(20)19-13(9-18)10-5-2-1-3-6-10/h4,7-8,10,13H,1-3,5-6H2,(H,19,20). The Morgan fingerprint density at radius 2 is 2.10 bits per heavy atom. The summed E-state index contributed by atoms with van der Waals surface area (Å²) in [6.07, 6.45) is 5.15. The average Bonchev–Trinajstić information content (AvgIpc) is 2.45. The van der Waals surface area contributed by atoms with Crippen LogP contribution in [0.15, 0.2) is 18.2 Å². The van der Waals surface area contributed by atoms with E-state index in [0.29, 0.717) is 0 Å². The lowest BCUT2D eigenvalue weighted by Gasteiger charge is -2.26. The minimum atomic E-state index is -0.671. The predicted molar refractivity (Wildman–Crippen MR) is 74.9 cm³/mol. The quantitative estimate of drug-likeness (QED) is 0.924. The van der Waals surface area contributed by atoms with Crippen LogP contribution in [0.1, 0.15) is 42.5 Å². The van der Waals surface area contributed by atoms with Crippen molar-refractivity contribution in [3.05, 3.63) is 34.6 Å². The first-order chi connectivity index (χ1) is 9.63. The van der Waals surface area contributed by atoms with Crippen molar-refractivity contribution in [1.82, 2.24) is 5.32 Å². The zero-order valence-corrected chi connectivity index (χ0v) is 11.8. The largest absolute Gasteiger partial charge is 0.336 e. The lowest BCUT2D eigenvalue weighted by atomic mass is 9.84. The van der Waals surface area contributed by atoms with E-state index in [-0.39, 0.29) is 16.5 Å². The molecule has 1 atom stereocenters. The van der Waals surface area contributed by atoms with Crippen LogP contribution >= 0.6 is 11.6 Å². The highest BCUT2D eigenvalue weighted by molar-refractivity contribution is 6.33. The van der Waals surface area contributed by atoms with Crippen molar-refractivity contribution >= 4 is 17.5 Å². The minimum absolute atomic E-state index is 0.0582. The van der Waals surface area contributed by atoms with Gasteiger partial charge in [0.1, 0.15) is 11.9 Å². The highest BCUT2D eigenvalue weighted by Crippen LogP contribution is 2.27. The average molecular weight is 295 g/mol. The summed E-state index contributed by atoms with van der Waals surface area (Å²) < 4.78 is 13.7. The molecule has 1 unspecified atom stereocenters. The zero-order valence-electron chi connectivity index (χ0n) is 11.0. The third-order valence-corrected chi connectivity index (χ3v) is 4.05. The Balaban J connectivity index is 2.11.